The molecule has 0 saturated heterocycles. The fourth-order valence-corrected chi connectivity index (χ4v) is 3.75. The van der Waals surface area contributed by atoms with Crippen LogP contribution >= 0.6 is 11.8 Å². The number of benzene rings is 2. The number of thioether (sulfide) groups is 1. The number of hydrogen-bond acceptors (Lipinski definition) is 5. The molecular weight excluding hydrogens is 356 g/mol. The van der Waals surface area contributed by atoms with Crippen LogP contribution in [0, 0.1) is 0 Å². The minimum Gasteiger partial charge on any atom is -0.491 e. The summed E-state index contributed by atoms with van der Waals surface area (Å²) in [6, 6.07) is 16.7. The highest BCUT2D eigenvalue weighted by molar-refractivity contribution is 7.98. The van der Waals surface area contributed by atoms with Gasteiger partial charge in [0.15, 0.2) is 0 Å². The predicted molar refractivity (Wildman–Crippen MR) is 113 cm³/mol. The van der Waals surface area contributed by atoms with Crippen LogP contribution in [0.2, 0.25) is 0 Å². The molecule has 0 bridgehead atoms. The quantitative estimate of drug-likeness (QED) is 0.615. The first-order valence-electron chi connectivity index (χ1n) is 9.63. The number of β-amino-alcohol motifs (C(OH)–C–C–N with tert-alkyl or cyclic N) is 1. The molecule has 27 heavy (non-hydrogen) atoms. The summed E-state index contributed by atoms with van der Waals surface area (Å²) in [7, 11) is 0. The van der Waals surface area contributed by atoms with Crippen LogP contribution < -0.4 is 10.1 Å². The van der Waals surface area contributed by atoms with E-state index in [9.17, 15) is 5.11 Å². The van der Waals surface area contributed by atoms with Gasteiger partial charge in [-0.1, -0.05) is 36.4 Å². The molecular formula is C22H30N2O2S. The topological polar surface area (TPSA) is 44.7 Å². The van der Waals surface area contributed by atoms with Gasteiger partial charge in [-0.25, -0.2) is 0 Å². The van der Waals surface area contributed by atoms with Crippen LogP contribution in [0.1, 0.15) is 16.7 Å². The molecule has 2 aromatic rings. The molecule has 0 amide bonds. The van der Waals surface area contributed by atoms with Crippen molar-refractivity contribution in [1.82, 2.24) is 10.2 Å². The molecule has 0 saturated carbocycles. The maximum absolute atomic E-state index is 10.4. The molecule has 2 aromatic carbocycles. The summed E-state index contributed by atoms with van der Waals surface area (Å²) in [6.07, 6.45) is 2.68. The fourth-order valence-electron chi connectivity index (χ4n) is 3.41. The molecule has 1 atom stereocenters. The number of ether oxygens (including phenoxy) is 1. The molecule has 0 fully saturated rings. The fraction of sp³-hybridized carbons (Fsp3) is 0.455. The van der Waals surface area contributed by atoms with Crippen molar-refractivity contribution in [2.75, 3.05) is 38.2 Å². The molecule has 146 valence electrons. The lowest BCUT2D eigenvalue weighted by Gasteiger charge is -2.30. The Labute approximate surface area is 166 Å². The lowest BCUT2D eigenvalue weighted by atomic mass is 10.00. The van der Waals surface area contributed by atoms with Gasteiger partial charge >= 0.3 is 0 Å². The van der Waals surface area contributed by atoms with E-state index in [0.29, 0.717) is 13.2 Å². The van der Waals surface area contributed by atoms with Crippen LogP contribution in [0.5, 0.6) is 5.75 Å². The summed E-state index contributed by atoms with van der Waals surface area (Å²) in [6.45, 7) is 4.71. The van der Waals surface area contributed by atoms with E-state index in [1.807, 2.05) is 23.9 Å². The Morgan fingerprint density at radius 2 is 2.04 bits per heavy atom. The second kappa shape index (κ2) is 10.7. The van der Waals surface area contributed by atoms with Gasteiger partial charge in [0, 0.05) is 38.5 Å². The Morgan fingerprint density at radius 1 is 1.19 bits per heavy atom. The van der Waals surface area contributed by atoms with Crippen LogP contribution in [0.25, 0.3) is 0 Å². The first-order chi connectivity index (χ1) is 13.2. The van der Waals surface area contributed by atoms with Crippen molar-refractivity contribution < 1.29 is 9.84 Å². The third-order valence-electron chi connectivity index (χ3n) is 4.83. The van der Waals surface area contributed by atoms with Crippen molar-refractivity contribution in [3.05, 3.63) is 65.2 Å². The number of aliphatic hydroxyl groups excluding tert-OH is 1. The molecule has 1 unspecified atom stereocenters. The Hall–Kier alpha value is -1.53. The average molecular weight is 387 g/mol. The summed E-state index contributed by atoms with van der Waals surface area (Å²) in [5, 5.41) is 13.8. The Kier molecular flexibility index (Phi) is 8.02. The van der Waals surface area contributed by atoms with E-state index in [2.05, 4.69) is 52.9 Å². The van der Waals surface area contributed by atoms with Crippen LogP contribution in [0.4, 0.5) is 0 Å². The van der Waals surface area contributed by atoms with Crippen LogP contribution in [-0.2, 0) is 19.5 Å². The van der Waals surface area contributed by atoms with E-state index in [0.717, 1.165) is 44.1 Å². The molecule has 1 aliphatic rings. The molecule has 5 heteroatoms. The number of rotatable bonds is 10. The highest BCUT2D eigenvalue weighted by atomic mass is 32.2. The number of nitrogens with zero attached hydrogens (tertiary/aromatic N) is 1. The normalized spacial score (nSPS) is 15.3. The Balaban J connectivity index is 1.42. The van der Waals surface area contributed by atoms with Gasteiger partial charge in [-0.15, -0.1) is 0 Å². The highest BCUT2D eigenvalue weighted by Crippen LogP contribution is 2.19. The van der Waals surface area contributed by atoms with Crippen LogP contribution in [0.15, 0.2) is 48.5 Å². The number of fused-ring (bicyclic) bond motifs is 1. The summed E-state index contributed by atoms with van der Waals surface area (Å²) < 4.78 is 5.84. The lowest BCUT2D eigenvalue weighted by Crippen LogP contribution is -2.38. The van der Waals surface area contributed by atoms with E-state index in [1.54, 1.807) is 0 Å². The first-order valence-corrected chi connectivity index (χ1v) is 11.0. The molecule has 1 heterocycles. The van der Waals surface area contributed by atoms with Gasteiger partial charge in [0.25, 0.3) is 0 Å². The van der Waals surface area contributed by atoms with E-state index in [4.69, 9.17) is 4.74 Å². The third-order valence-corrected chi connectivity index (χ3v) is 5.44. The maximum atomic E-state index is 10.4. The SMILES string of the molecule is CSCCNCc1cccc(OCC(O)CN2CCc3ccccc3C2)c1. The largest absolute Gasteiger partial charge is 0.491 e. The van der Waals surface area contributed by atoms with E-state index in [1.165, 1.54) is 16.7 Å². The highest BCUT2D eigenvalue weighted by Gasteiger charge is 2.18. The monoisotopic (exact) mass is 386 g/mol. The third kappa shape index (κ3) is 6.54. The van der Waals surface area contributed by atoms with Crippen molar-refractivity contribution in [2.45, 2.75) is 25.6 Å². The summed E-state index contributed by atoms with van der Waals surface area (Å²) in [5.41, 5.74) is 4.01. The summed E-state index contributed by atoms with van der Waals surface area (Å²) >= 11 is 1.84. The second-order valence-electron chi connectivity index (χ2n) is 7.04. The molecule has 0 aromatic heterocycles. The molecule has 0 radical (unpaired) electrons. The maximum Gasteiger partial charge on any atom is 0.119 e. The second-order valence-corrected chi connectivity index (χ2v) is 8.02. The van der Waals surface area contributed by atoms with E-state index in [-0.39, 0.29) is 0 Å². The van der Waals surface area contributed by atoms with Gasteiger partial charge in [-0.3, -0.25) is 4.90 Å². The van der Waals surface area contributed by atoms with Gasteiger partial charge in [0.05, 0.1) is 0 Å². The van der Waals surface area contributed by atoms with Gasteiger partial charge < -0.3 is 15.2 Å². The molecule has 2 N–H and O–H groups in total. The Bertz CT molecular complexity index is 710. The lowest BCUT2D eigenvalue weighted by molar-refractivity contribution is 0.0637. The van der Waals surface area contributed by atoms with E-state index < -0.39 is 6.10 Å². The van der Waals surface area contributed by atoms with Gasteiger partial charge in [0.2, 0.25) is 0 Å². The summed E-state index contributed by atoms with van der Waals surface area (Å²) in [4.78, 5) is 2.31. The zero-order valence-electron chi connectivity index (χ0n) is 16.1. The first kappa shape index (κ1) is 20.2. The smallest absolute Gasteiger partial charge is 0.119 e. The van der Waals surface area contributed by atoms with Crippen molar-refractivity contribution in [3.8, 4) is 5.75 Å². The predicted octanol–water partition coefficient (Wildman–Crippen LogP) is 2.94. The molecule has 4 nitrogen and oxygen atoms in total. The minimum absolute atomic E-state index is 0.321. The van der Waals surface area contributed by atoms with Gasteiger partial charge in [0.1, 0.15) is 18.5 Å². The van der Waals surface area contributed by atoms with Crippen molar-refractivity contribution in [1.29, 1.82) is 0 Å². The van der Waals surface area contributed by atoms with E-state index >= 15 is 0 Å². The molecule has 0 spiro atoms. The van der Waals surface area contributed by atoms with Crippen molar-refractivity contribution >= 4 is 11.8 Å². The minimum atomic E-state index is -0.487. The van der Waals surface area contributed by atoms with Crippen molar-refractivity contribution in [2.24, 2.45) is 0 Å². The number of hydrogen-bond donors (Lipinski definition) is 2. The number of nitrogens with one attached hydrogen (secondary N) is 1. The zero-order valence-corrected chi connectivity index (χ0v) is 16.9. The van der Waals surface area contributed by atoms with Crippen LogP contribution in [0.3, 0.4) is 0 Å². The van der Waals surface area contributed by atoms with Gasteiger partial charge in [-0.05, 0) is 41.5 Å². The summed E-state index contributed by atoms with van der Waals surface area (Å²) in [5.74, 6) is 1.94. The Morgan fingerprint density at radius 3 is 2.89 bits per heavy atom. The zero-order chi connectivity index (χ0) is 18.9. The molecule has 0 aliphatic carbocycles. The molecule has 1 aliphatic heterocycles. The van der Waals surface area contributed by atoms with Gasteiger partial charge in [-0.2, -0.15) is 11.8 Å². The number of aliphatic hydroxyl groups is 1. The average Bonchev–Trinajstić information content (AvgIpc) is 2.70. The van der Waals surface area contributed by atoms with Crippen molar-refractivity contribution in [3.63, 3.8) is 0 Å². The molecule has 3 rings (SSSR count). The standard InChI is InChI=1S/C22H30N2O2S/c1-27-12-10-23-14-18-5-4-8-22(13-18)26-17-21(25)16-24-11-9-19-6-2-3-7-20(19)15-24/h2-8,13,21,23,25H,9-12,14-17H2,1H3. The van der Waals surface area contributed by atoms with Crippen LogP contribution in [-0.4, -0.2) is 54.4 Å².